The van der Waals surface area contributed by atoms with Crippen molar-refractivity contribution in [2.75, 3.05) is 26.2 Å². The van der Waals surface area contributed by atoms with E-state index in [2.05, 4.69) is 22.8 Å². The quantitative estimate of drug-likeness (QED) is 0.832. The van der Waals surface area contributed by atoms with Gasteiger partial charge in [-0.25, -0.2) is 0 Å². The molecule has 2 unspecified atom stereocenters. The third kappa shape index (κ3) is 3.21. The number of aryl methyl sites for hydroxylation is 1. The van der Waals surface area contributed by atoms with Crippen LogP contribution in [0.2, 0.25) is 0 Å². The molecule has 0 amide bonds. The number of hydrogen-bond acceptors (Lipinski definition) is 3. The number of fused-ring (bicyclic) bond motifs is 1. The molecule has 2 aliphatic rings. The number of furan rings is 1. The van der Waals surface area contributed by atoms with Gasteiger partial charge in [-0.15, -0.1) is 0 Å². The van der Waals surface area contributed by atoms with Gasteiger partial charge in [-0.3, -0.25) is 9.80 Å². The van der Waals surface area contributed by atoms with E-state index in [0.717, 1.165) is 18.2 Å². The van der Waals surface area contributed by atoms with Gasteiger partial charge in [0.1, 0.15) is 5.76 Å². The van der Waals surface area contributed by atoms with Crippen molar-refractivity contribution in [3.63, 3.8) is 0 Å². The lowest BCUT2D eigenvalue weighted by atomic mass is 9.98. The van der Waals surface area contributed by atoms with E-state index >= 15 is 0 Å². The summed E-state index contributed by atoms with van der Waals surface area (Å²) >= 11 is 0. The molecule has 2 aliphatic heterocycles. The average Bonchev–Trinajstić information content (AvgIpc) is 2.97. The van der Waals surface area contributed by atoms with Gasteiger partial charge >= 0.3 is 0 Å². The van der Waals surface area contributed by atoms with E-state index in [1.165, 1.54) is 51.9 Å². The van der Waals surface area contributed by atoms with Crippen LogP contribution in [0.15, 0.2) is 22.8 Å². The molecule has 3 rings (SSSR count). The van der Waals surface area contributed by atoms with Crippen LogP contribution >= 0.6 is 0 Å². The van der Waals surface area contributed by atoms with Crippen molar-refractivity contribution in [2.45, 2.75) is 51.1 Å². The van der Waals surface area contributed by atoms with Gasteiger partial charge < -0.3 is 4.42 Å². The van der Waals surface area contributed by atoms with Crippen LogP contribution in [0.4, 0.5) is 0 Å². The molecule has 0 spiro atoms. The first kappa shape index (κ1) is 13.2. The van der Waals surface area contributed by atoms with Crippen molar-refractivity contribution in [3.8, 4) is 0 Å². The molecule has 2 fully saturated rings. The van der Waals surface area contributed by atoms with Crippen molar-refractivity contribution in [2.24, 2.45) is 0 Å². The molecule has 0 bridgehead atoms. The number of rotatable bonds is 4. The second-order valence-corrected chi connectivity index (χ2v) is 6.15. The van der Waals surface area contributed by atoms with E-state index in [-0.39, 0.29) is 0 Å². The third-order valence-electron chi connectivity index (χ3n) is 4.88. The highest BCUT2D eigenvalue weighted by molar-refractivity contribution is 4.98. The minimum atomic E-state index is 0.675. The maximum Gasteiger partial charge on any atom is 0.103 e. The van der Waals surface area contributed by atoms with Crippen LogP contribution < -0.4 is 0 Å². The van der Waals surface area contributed by atoms with Gasteiger partial charge in [0.25, 0.3) is 0 Å². The Morgan fingerprint density at radius 3 is 3.11 bits per heavy atom. The van der Waals surface area contributed by atoms with Crippen molar-refractivity contribution >= 4 is 0 Å². The summed E-state index contributed by atoms with van der Waals surface area (Å²) in [7, 11) is 0. The lowest BCUT2D eigenvalue weighted by molar-refractivity contribution is 0.0292. The lowest BCUT2D eigenvalue weighted by Gasteiger charge is -2.46. The molecule has 2 atom stereocenters. The Morgan fingerprint density at radius 2 is 2.26 bits per heavy atom. The molecule has 1 aromatic rings. The largest absolute Gasteiger partial charge is 0.469 e. The maximum atomic E-state index is 5.43. The monoisotopic (exact) mass is 262 g/mol. The molecule has 0 radical (unpaired) electrons. The standard InChI is InChI=1S/C16H26N2O/c1-14(7-8-16-6-4-12-19-16)18-11-10-17-9-3-2-5-15(17)13-18/h4,6,12,14-15H,2-3,5,7-11,13H2,1H3. The van der Waals surface area contributed by atoms with Gasteiger partial charge in [0.15, 0.2) is 0 Å². The van der Waals surface area contributed by atoms with Crippen LogP contribution in [0, 0.1) is 0 Å². The molecule has 0 saturated carbocycles. The molecule has 0 aliphatic carbocycles. The fourth-order valence-electron chi connectivity index (χ4n) is 3.57. The highest BCUT2D eigenvalue weighted by Crippen LogP contribution is 2.23. The summed E-state index contributed by atoms with van der Waals surface area (Å²) in [6, 6.07) is 5.58. The third-order valence-corrected chi connectivity index (χ3v) is 4.88. The summed E-state index contributed by atoms with van der Waals surface area (Å²) in [4.78, 5) is 5.40. The topological polar surface area (TPSA) is 19.6 Å². The van der Waals surface area contributed by atoms with Crippen LogP contribution in [0.25, 0.3) is 0 Å². The number of piperidine rings is 1. The van der Waals surface area contributed by atoms with Crippen molar-refractivity contribution in [1.29, 1.82) is 0 Å². The van der Waals surface area contributed by atoms with Gasteiger partial charge in [-0.05, 0) is 44.9 Å². The van der Waals surface area contributed by atoms with Gasteiger partial charge in [-0.2, -0.15) is 0 Å². The Balaban J connectivity index is 1.48. The molecule has 3 heterocycles. The van der Waals surface area contributed by atoms with E-state index in [9.17, 15) is 0 Å². The van der Waals surface area contributed by atoms with Crippen molar-refractivity contribution in [1.82, 2.24) is 9.80 Å². The number of nitrogens with zero attached hydrogens (tertiary/aromatic N) is 2. The zero-order chi connectivity index (χ0) is 13.1. The fraction of sp³-hybridized carbons (Fsp3) is 0.750. The zero-order valence-electron chi connectivity index (χ0n) is 12.1. The molecule has 0 aromatic carbocycles. The predicted octanol–water partition coefficient (Wildman–Crippen LogP) is 2.77. The molecule has 19 heavy (non-hydrogen) atoms. The van der Waals surface area contributed by atoms with Gasteiger partial charge in [0.05, 0.1) is 6.26 Å². The predicted molar refractivity (Wildman–Crippen MR) is 77.3 cm³/mol. The first-order chi connectivity index (χ1) is 9.33. The van der Waals surface area contributed by atoms with E-state index in [1.807, 2.05) is 6.07 Å². The normalized spacial score (nSPS) is 27.1. The average molecular weight is 262 g/mol. The lowest BCUT2D eigenvalue weighted by Crippen LogP contribution is -2.56. The number of piperazine rings is 1. The molecule has 1 aromatic heterocycles. The summed E-state index contributed by atoms with van der Waals surface area (Å²) in [6.07, 6.45) is 8.29. The smallest absolute Gasteiger partial charge is 0.103 e. The Hall–Kier alpha value is -0.800. The SMILES string of the molecule is CC(CCc1ccco1)N1CCN2CCCCC2C1. The van der Waals surface area contributed by atoms with Crippen LogP contribution in [0.1, 0.15) is 38.4 Å². The van der Waals surface area contributed by atoms with Crippen LogP contribution in [-0.4, -0.2) is 48.1 Å². The molecule has 3 nitrogen and oxygen atoms in total. The molecular weight excluding hydrogens is 236 g/mol. The van der Waals surface area contributed by atoms with Gasteiger partial charge in [0, 0.05) is 38.1 Å². The summed E-state index contributed by atoms with van der Waals surface area (Å²) in [5.74, 6) is 1.13. The molecule has 3 heteroatoms. The molecule has 2 saturated heterocycles. The minimum Gasteiger partial charge on any atom is -0.469 e. The molecule has 0 N–H and O–H groups in total. The molecule has 106 valence electrons. The Bertz CT molecular complexity index is 376. The van der Waals surface area contributed by atoms with E-state index in [4.69, 9.17) is 4.42 Å². The highest BCUT2D eigenvalue weighted by Gasteiger charge is 2.30. The van der Waals surface area contributed by atoms with Gasteiger partial charge in [0.2, 0.25) is 0 Å². The van der Waals surface area contributed by atoms with Crippen molar-refractivity contribution in [3.05, 3.63) is 24.2 Å². The van der Waals surface area contributed by atoms with E-state index < -0.39 is 0 Å². The summed E-state index contributed by atoms with van der Waals surface area (Å²) < 4.78 is 5.43. The van der Waals surface area contributed by atoms with Crippen molar-refractivity contribution < 1.29 is 4.42 Å². The van der Waals surface area contributed by atoms with E-state index in [1.54, 1.807) is 6.26 Å². The van der Waals surface area contributed by atoms with E-state index in [0.29, 0.717) is 6.04 Å². The Labute approximate surface area is 116 Å². The highest BCUT2D eigenvalue weighted by atomic mass is 16.3. The van der Waals surface area contributed by atoms with Crippen LogP contribution in [0.5, 0.6) is 0 Å². The number of hydrogen-bond donors (Lipinski definition) is 0. The summed E-state index contributed by atoms with van der Waals surface area (Å²) in [5.41, 5.74) is 0. The van der Waals surface area contributed by atoms with Crippen LogP contribution in [0.3, 0.4) is 0 Å². The van der Waals surface area contributed by atoms with Gasteiger partial charge in [-0.1, -0.05) is 6.42 Å². The zero-order valence-corrected chi connectivity index (χ0v) is 12.1. The minimum absolute atomic E-state index is 0.675. The summed E-state index contributed by atoms with van der Waals surface area (Å²) in [5, 5.41) is 0. The second kappa shape index (κ2) is 6.10. The maximum absolute atomic E-state index is 5.43. The molecular formula is C16H26N2O. The second-order valence-electron chi connectivity index (χ2n) is 6.15. The Kier molecular flexibility index (Phi) is 4.24. The first-order valence-electron chi connectivity index (χ1n) is 7.83. The first-order valence-corrected chi connectivity index (χ1v) is 7.83. The summed E-state index contributed by atoms with van der Waals surface area (Å²) in [6.45, 7) is 7.51. The Morgan fingerprint density at radius 1 is 1.32 bits per heavy atom. The van der Waals surface area contributed by atoms with Crippen LogP contribution in [-0.2, 0) is 6.42 Å². The fourth-order valence-corrected chi connectivity index (χ4v) is 3.57.